The van der Waals surface area contributed by atoms with Crippen molar-refractivity contribution < 1.29 is 14.3 Å². The summed E-state index contributed by atoms with van der Waals surface area (Å²) in [6.45, 7) is 6.96. The van der Waals surface area contributed by atoms with Crippen LogP contribution >= 0.6 is 0 Å². The second kappa shape index (κ2) is 9.22. The molecule has 3 rings (SSSR count). The average Bonchev–Trinajstić information content (AvgIpc) is 2.70. The molecule has 0 bridgehead atoms. The van der Waals surface area contributed by atoms with Crippen LogP contribution in [-0.4, -0.2) is 27.2 Å². The van der Waals surface area contributed by atoms with E-state index >= 15 is 0 Å². The predicted molar refractivity (Wildman–Crippen MR) is 119 cm³/mol. The van der Waals surface area contributed by atoms with Gasteiger partial charge in [-0.15, -0.1) is 0 Å². The van der Waals surface area contributed by atoms with Crippen LogP contribution in [0.15, 0.2) is 41.2 Å². The van der Waals surface area contributed by atoms with E-state index in [2.05, 4.69) is 10.3 Å². The highest BCUT2D eigenvalue weighted by Gasteiger charge is 2.19. The first-order valence-corrected chi connectivity index (χ1v) is 10.1. The molecule has 31 heavy (non-hydrogen) atoms. The number of hydrogen-bond acceptors (Lipinski definition) is 4. The zero-order valence-corrected chi connectivity index (χ0v) is 18.1. The van der Waals surface area contributed by atoms with E-state index in [9.17, 15) is 19.1 Å². The van der Waals surface area contributed by atoms with Gasteiger partial charge in [0, 0.05) is 35.5 Å². The molecule has 1 heterocycles. The highest BCUT2D eigenvalue weighted by atomic mass is 19.1. The van der Waals surface area contributed by atoms with Crippen LogP contribution in [0.2, 0.25) is 0 Å². The maximum atomic E-state index is 13.8. The number of nitrogens with zero attached hydrogens (tertiary/aromatic N) is 2. The number of hydrogen-bond donors (Lipinski definition) is 2. The summed E-state index contributed by atoms with van der Waals surface area (Å²) in [4.78, 5) is 30.5. The summed E-state index contributed by atoms with van der Waals surface area (Å²) in [5, 5.41) is 12.2. The number of carbonyl (C=O) groups excluding carboxylic acids is 1. The number of halogens is 1. The minimum absolute atomic E-state index is 0.124. The Bertz CT molecular complexity index is 1180. The molecule has 0 saturated carbocycles. The molecule has 1 aromatic heterocycles. The van der Waals surface area contributed by atoms with Crippen LogP contribution in [-0.2, 0) is 17.8 Å². The van der Waals surface area contributed by atoms with Crippen LogP contribution in [0.3, 0.4) is 0 Å². The van der Waals surface area contributed by atoms with Crippen LogP contribution in [0.25, 0.3) is 11.4 Å². The van der Waals surface area contributed by atoms with Gasteiger partial charge in [0.1, 0.15) is 18.2 Å². The first-order valence-electron chi connectivity index (χ1n) is 10.1. The molecular weight excluding hydrogens is 397 g/mol. The van der Waals surface area contributed by atoms with Crippen LogP contribution in [0.1, 0.15) is 27.9 Å². The van der Waals surface area contributed by atoms with Crippen LogP contribution in [0, 0.1) is 33.5 Å². The van der Waals surface area contributed by atoms with Gasteiger partial charge in [-0.05, 0) is 51.0 Å². The SMILES string of the molecule is Cc1cc(C)c(NC(=O)Cn2c(-c3cccc(F)c3)nc(C)c(CCO)c2=O)c(C)c1. The number of anilines is 1. The number of aromatic nitrogens is 2. The zero-order chi connectivity index (χ0) is 22.7. The smallest absolute Gasteiger partial charge is 0.257 e. The fourth-order valence-corrected chi connectivity index (χ4v) is 3.79. The summed E-state index contributed by atoms with van der Waals surface area (Å²) < 4.78 is 15.1. The molecule has 2 N–H and O–H groups in total. The summed E-state index contributed by atoms with van der Waals surface area (Å²) in [6.07, 6.45) is 0.124. The van der Waals surface area contributed by atoms with Crippen molar-refractivity contribution in [2.75, 3.05) is 11.9 Å². The number of rotatable bonds is 6. The highest BCUT2D eigenvalue weighted by Crippen LogP contribution is 2.23. The number of aliphatic hydroxyl groups excluding tert-OH is 1. The van der Waals surface area contributed by atoms with Crippen molar-refractivity contribution in [2.24, 2.45) is 0 Å². The maximum absolute atomic E-state index is 13.8. The molecule has 0 atom stereocenters. The summed E-state index contributed by atoms with van der Waals surface area (Å²) >= 11 is 0. The number of benzene rings is 2. The molecule has 0 radical (unpaired) electrons. The van der Waals surface area contributed by atoms with E-state index in [-0.39, 0.29) is 25.4 Å². The molecule has 0 aliphatic carbocycles. The average molecular weight is 423 g/mol. The van der Waals surface area contributed by atoms with Gasteiger partial charge < -0.3 is 10.4 Å². The normalized spacial score (nSPS) is 10.9. The van der Waals surface area contributed by atoms with Gasteiger partial charge in [0.15, 0.2) is 0 Å². The molecule has 162 valence electrons. The summed E-state index contributed by atoms with van der Waals surface area (Å²) in [6, 6.07) is 9.68. The van der Waals surface area contributed by atoms with Gasteiger partial charge in [0.25, 0.3) is 5.56 Å². The van der Waals surface area contributed by atoms with Gasteiger partial charge in [-0.2, -0.15) is 0 Å². The second-order valence-corrected chi connectivity index (χ2v) is 7.70. The molecule has 2 aromatic carbocycles. The van der Waals surface area contributed by atoms with Crippen molar-refractivity contribution in [3.05, 3.63) is 80.5 Å². The van der Waals surface area contributed by atoms with E-state index < -0.39 is 17.3 Å². The highest BCUT2D eigenvalue weighted by molar-refractivity contribution is 5.92. The van der Waals surface area contributed by atoms with Crippen molar-refractivity contribution in [2.45, 2.75) is 40.7 Å². The maximum Gasteiger partial charge on any atom is 0.257 e. The number of aryl methyl sites for hydroxylation is 4. The molecule has 6 nitrogen and oxygen atoms in total. The molecule has 7 heteroatoms. The number of aliphatic hydroxyl groups is 1. The monoisotopic (exact) mass is 423 g/mol. The van der Waals surface area contributed by atoms with E-state index in [1.54, 1.807) is 13.0 Å². The van der Waals surface area contributed by atoms with Crippen LogP contribution in [0.5, 0.6) is 0 Å². The van der Waals surface area contributed by atoms with Gasteiger partial charge >= 0.3 is 0 Å². The Kier molecular flexibility index (Phi) is 6.65. The fraction of sp³-hybridized carbons (Fsp3) is 0.292. The molecular formula is C24H26FN3O3. The third-order valence-electron chi connectivity index (χ3n) is 5.16. The Labute approximate surface area is 180 Å². The first kappa shape index (κ1) is 22.4. The molecule has 1 amide bonds. The van der Waals surface area contributed by atoms with Gasteiger partial charge in [-0.25, -0.2) is 9.37 Å². The van der Waals surface area contributed by atoms with Gasteiger partial charge in [-0.3, -0.25) is 14.2 Å². The van der Waals surface area contributed by atoms with E-state index in [0.717, 1.165) is 16.7 Å². The zero-order valence-electron chi connectivity index (χ0n) is 18.1. The quantitative estimate of drug-likeness (QED) is 0.636. The minimum atomic E-state index is -0.467. The van der Waals surface area contributed by atoms with Gasteiger partial charge in [0.05, 0.1) is 0 Å². The van der Waals surface area contributed by atoms with Crippen molar-refractivity contribution in [1.82, 2.24) is 9.55 Å². The Balaban J connectivity index is 2.05. The Morgan fingerprint density at radius 3 is 2.42 bits per heavy atom. The van der Waals surface area contributed by atoms with E-state index in [4.69, 9.17) is 0 Å². The molecule has 0 saturated heterocycles. The summed E-state index contributed by atoms with van der Waals surface area (Å²) in [5.74, 6) is -0.655. The predicted octanol–water partition coefficient (Wildman–Crippen LogP) is 3.46. The molecule has 3 aromatic rings. The van der Waals surface area contributed by atoms with Crippen molar-refractivity contribution in [1.29, 1.82) is 0 Å². The van der Waals surface area contributed by atoms with Crippen molar-refractivity contribution in [3.63, 3.8) is 0 Å². The molecule has 0 aliphatic heterocycles. The lowest BCUT2D eigenvalue weighted by Crippen LogP contribution is -2.33. The molecule has 0 fully saturated rings. The van der Waals surface area contributed by atoms with Gasteiger partial charge in [-0.1, -0.05) is 29.8 Å². The van der Waals surface area contributed by atoms with E-state index in [0.29, 0.717) is 22.5 Å². The lowest BCUT2D eigenvalue weighted by atomic mass is 10.1. The van der Waals surface area contributed by atoms with Gasteiger partial charge in [0.2, 0.25) is 5.91 Å². The standard InChI is InChI=1S/C24H26FN3O3/c1-14-10-15(2)22(16(3)11-14)27-21(30)13-28-23(18-6-5-7-19(25)12-18)26-17(4)20(8-9-29)24(28)31/h5-7,10-12,29H,8-9,13H2,1-4H3,(H,27,30). The second-order valence-electron chi connectivity index (χ2n) is 7.70. The fourth-order valence-electron chi connectivity index (χ4n) is 3.79. The third kappa shape index (κ3) is 4.88. The molecule has 0 aliphatic rings. The lowest BCUT2D eigenvalue weighted by molar-refractivity contribution is -0.116. The van der Waals surface area contributed by atoms with E-state index in [1.165, 1.54) is 22.8 Å². The Morgan fingerprint density at radius 2 is 1.81 bits per heavy atom. The third-order valence-corrected chi connectivity index (χ3v) is 5.16. The van der Waals surface area contributed by atoms with E-state index in [1.807, 2.05) is 32.9 Å². The molecule has 0 spiro atoms. The molecule has 0 unspecified atom stereocenters. The number of carbonyl (C=O) groups is 1. The lowest BCUT2D eigenvalue weighted by Gasteiger charge is -2.17. The minimum Gasteiger partial charge on any atom is -0.396 e. The largest absolute Gasteiger partial charge is 0.396 e. The van der Waals surface area contributed by atoms with Crippen LogP contribution < -0.4 is 10.9 Å². The van der Waals surface area contributed by atoms with Crippen molar-refractivity contribution >= 4 is 11.6 Å². The first-order chi connectivity index (χ1) is 14.7. The Morgan fingerprint density at radius 1 is 1.13 bits per heavy atom. The summed E-state index contributed by atoms with van der Waals surface area (Å²) in [5.41, 5.74) is 4.39. The Hall–Kier alpha value is -3.32. The topological polar surface area (TPSA) is 84.2 Å². The number of amides is 1. The van der Waals surface area contributed by atoms with Crippen molar-refractivity contribution in [3.8, 4) is 11.4 Å². The van der Waals surface area contributed by atoms with Crippen LogP contribution in [0.4, 0.5) is 10.1 Å². The number of nitrogens with one attached hydrogen (secondary N) is 1. The summed E-state index contributed by atoms with van der Waals surface area (Å²) in [7, 11) is 0.